The maximum Gasteiger partial charge on any atom is 0.330 e. The first kappa shape index (κ1) is 12.5. The van der Waals surface area contributed by atoms with Crippen molar-refractivity contribution >= 4 is 11.2 Å². The zero-order valence-electron chi connectivity index (χ0n) is 11.2. The van der Waals surface area contributed by atoms with Crippen LogP contribution in [0.3, 0.4) is 0 Å². The zero-order chi connectivity index (χ0) is 14.3. The summed E-state index contributed by atoms with van der Waals surface area (Å²) in [4.78, 5) is 33.0. The fraction of sp³-hybridized carbons (Fsp3) is 0.308. The molecule has 0 fully saturated rings. The number of aromatic amines is 2. The number of fused-ring (bicyclic) bond motifs is 1. The Balaban J connectivity index is 2.27. The predicted octanol–water partition coefficient (Wildman–Crippen LogP) is 1.26. The van der Waals surface area contributed by atoms with Crippen LogP contribution >= 0.6 is 0 Å². The molecule has 0 aromatic carbocycles. The molecule has 0 amide bonds. The van der Waals surface area contributed by atoms with Gasteiger partial charge in [0.15, 0.2) is 17.2 Å². The topological polar surface area (TPSA) is 96.7 Å². The third-order valence-electron chi connectivity index (χ3n) is 3.19. The van der Waals surface area contributed by atoms with Gasteiger partial charge in [-0.3, -0.25) is 14.3 Å². The van der Waals surface area contributed by atoms with E-state index >= 15 is 0 Å². The summed E-state index contributed by atoms with van der Waals surface area (Å²) in [5.41, 5.74) is -0.325. The maximum absolute atomic E-state index is 11.8. The van der Waals surface area contributed by atoms with Gasteiger partial charge in [0.05, 0.1) is 0 Å². The summed E-state index contributed by atoms with van der Waals surface area (Å²) in [6.07, 6.45) is 0.778. The van der Waals surface area contributed by atoms with E-state index in [-0.39, 0.29) is 5.52 Å². The quantitative estimate of drug-likeness (QED) is 0.751. The molecule has 7 heteroatoms. The highest BCUT2D eigenvalue weighted by Gasteiger charge is 2.15. The number of aryl methyl sites for hydroxylation is 2. The number of furan rings is 1. The van der Waals surface area contributed by atoms with Gasteiger partial charge in [-0.15, -0.1) is 0 Å². The molecule has 104 valence electrons. The summed E-state index contributed by atoms with van der Waals surface area (Å²) in [5.74, 6) is 1.83. The van der Waals surface area contributed by atoms with Gasteiger partial charge in [-0.25, -0.2) is 9.78 Å². The highest BCUT2D eigenvalue weighted by molar-refractivity contribution is 5.74. The van der Waals surface area contributed by atoms with Gasteiger partial charge < -0.3 is 9.40 Å². The van der Waals surface area contributed by atoms with Crippen molar-refractivity contribution in [3.05, 3.63) is 38.7 Å². The molecule has 3 heterocycles. The average molecular weight is 274 g/mol. The van der Waals surface area contributed by atoms with Crippen molar-refractivity contribution in [2.24, 2.45) is 0 Å². The van der Waals surface area contributed by atoms with E-state index < -0.39 is 11.2 Å². The molecular formula is C13H14N4O3. The van der Waals surface area contributed by atoms with Gasteiger partial charge >= 0.3 is 5.69 Å². The monoisotopic (exact) mass is 274 g/mol. The van der Waals surface area contributed by atoms with Crippen LogP contribution in [0.1, 0.15) is 19.6 Å². The molecule has 3 aromatic heterocycles. The summed E-state index contributed by atoms with van der Waals surface area (Å²) in [5, 5.41) is 0. The van der Waals surface area contributed by atoms with Gasteiger partial charge in [0.2, 0.25) is 0 Å². The first-order valence-electron chi connectivity index (χ1n) is 6.46. The molecule has 2 N–H and O–H groups in total. The standard InChI is InChI=1S/C13H14N4O3/c1-3-7-5-6-8(20-7)10-14-9-11(15-10)17(4-2)13(19)16-12(9)18/h5-6H,3-4H2,1-2H3,(H,14,15)(H,16,18,19). The lowest BCUT2D eigenvalue weighted by molar-refractivity contribution is 0.526. The normalized spacial score (nSPS) is 11.3. The summed E-state index contributed by atoms with van der Waals surface area (Å²) >= 11 is 0. The Morgan fingerprint density at radius 1 is 1.25 bits per heavy atom. The number of H-pyrrole nitrogens is 2. The second-order valence-corrected chi connectivity index (χ2v) is 4.41. The van der Waals surface area contributed by atoms with E-state index in [0.29, 0.717) is 23.8 Å². The third kappa shape index (κ3) is 1.78. The second-order valence-electron chi connectivity index (χ2n) is 4.41. The molecule has 0 radical (unpaired) electrons. The Morgan fingerprint density at radius 3 is 2.70 bits per heavy atom. The summed E-state index contributed by atoms with van der Waals surface area (Å²) in [6.45, 7) is 4.23. The number of imidazole rings is 1. The molecule has 0 aliphatic carbocycles. The zero-order valence-corrected chi connectivity index (χ0v) is 11.2. The number of aromatic nitrogens is 4. The smallest absolute Gasteiger partial charge is 0.330 e. The van der Waals surface area contributed by atoms with Crippen LogP contribution in [-0.2, 0) is 13.0 Å². The van der Waals surface area contributed by atoms with Crippen LogP contribution in [0.15, 0.2) is 26.1 Å². The maximum atomic E-state index is 11.8. The largest absolute Gasteiger partial charge is 0.458 e. The van der Waals surface area contributed by atoms with Gasteiger partial charge in [0, 0.05) is 13.0 Å². The van der Waals surface area contributed by atoms with Gasteiger partial charge in [0.1, 0.15) is 11.3 Å². The van der Waals surface area contributed by atoms with Crippen LogP contribution in [0, 0.1) is 0 Å². The molecule has 0 bridgehead atoms. The molecule has 0 aliphatic heterocycles. The lowest BCUT2D eigenvalue weighted by atomic mass is 10.3. The van der Waals surface area contributed by atoms with Crippen LogP contribution in [0.5, 0.6) is 0 Å². The van der Waals surface area contributed by atoms with Crippen molar-refractivity contribution in [3.8, 4) is 11.6 Å². The van der Waals surface area contributed by atoms with Gasteiger partial charge in [0.25, 0.3) is 5.56 Å². The van der Waals surface area contributed by atoms with Crippen molar-refractivity contribution in [3.63, 3.8) is 0 Å². The van der Waals surface area contributed by atoms with E-state index in [2.05, 4.69) is 15.0 Å². The van der Waals surface area contributed by atoms with E-state index in [1.165, 1.54) is 4.57 Å². The van der Waals surface area contributed by atoms with Crippen LogP contribution < -0.4 is 11.2 Å². The molecule has 0 aliphatic rings. The van der Waals surface area contributed by atoms with Crippen molar-refractivity contribution in [1.82, 2.24) is 19.5 Å². The van der Waals surface area contributed by atoms with Crippen LogP contribution in [0.25, 0.3) is 22.7 Å². The molecule has 3 aromatic rings. The Hall–Kier alpha value is -2.57. The molecule has 20 heavy (non-hydrogen) atoms. The number of nitrogens with zero attached hydrogens (tertiary/aromatic N) is 2. The molecule has 0 spiro atoms. The fourth-order valence-electron chi connectivity index (χ4n) is 2.15. The Kier molecular flexibility index (Phi) is 2.81. The Morgan fingerprint density at radius 2 is 2.05 bits per heavy atom. The summed E-state index contributed by atoms with van der Waals surface area (Å²) < 4.78 is 7.00. The minimum Gasteiger partial charge on any atom is -0.458 e. The lowest BCUT2D eigenvalue weighted by Crippen LogP contribution is -2.29. The van der Waals surface area contributed by atoms with E-state index in [1.54, 1.807) is 6.07 Å². The summed E-state index contributed by atoms with van der Waals surface area (Å²) in [7, 11) is 0. The Bertz CT molecular complexity index is 881. The van der Waals surface area contributed by atoms with Crippen molar-refractivity contribution in [1.29, 1.82) is 0 Å². The van der Waals surface area contributed by atoms with E-state index in [4.69, 9.17) is 4.42 Å². The minimum atomic E-state index is -0.476. The lowest BCUT2D eigenvalue weighted by Gasteiger charge is -1.99. The molecular weight excluding hydrogens is 260 g/mol. The van der Waals surface area contributed by atoms with Gasteiger partial charge in [-0.05, 0) is 19.1 Å². The number of hydrogen-bond donors (Lipinski definition) is 2. The van der Waals surface area contributed by atoms with Crippen LogP contribution in [0.4, 0.5) is 0 Å². The Labute approximate surface area is 113 Å². The highest BCUT2D eigenvalue weighted by Crippen LogP contribution is 2.21. The number of rotatable bonds is 3. The summed E-state index contributed by atoms with van der Waals surface area (Å²) in [6, 6.07) is 3.65. The minimum absolute atomic E-state index is 0.274. The van der Waals surface area contributed by atoms with Crippen molar-refractivity contribution in [2.45, 2.75) is 26.8 Å². The first-order valence-corrected chi connectivity index (χ1v) is 6.46. The van der Waals surface area contributed by atoms with Crippen molar-refractivity contribution < 1.29 is 4.42 Å². The molecule has 0 unspecified atom stereocenters. The van der Waals surface area contributed by atoms with Crippen LogP contribution in [0.2, 0.25) is 0 Å². The molecule has 0 saturated carbocycles. The van der Waals surface area contributed by atoms with E-state index in [9.17, 15) is 9.59 Å². The molecule has 3 rings (SSSR count). The van der Waals surface area contributed by atoms with Gasteiger partial charge in [-0.1, -0.05) is 6.92 Å². The number of nitrogens with one attached hydrogen (secondary N) is 2. The van der Waals surface area contributed by atoms with E-state index in [0.717, 1.165) is 12.2 Å². The van der Waals surface area contributed by atoms with Crippen LogP contribution in [-0.4, -0.2) is 19.5 Å². The highest BCUT2D eigenvalue weighted by atomic mass is 16.3. The SMILES string of the molecule is CCc1ccc(-c2nc3c([nH]2)c(=O)[nH]c(=O)n3CC)o1. The molecule has 0 saturated heterocycles. The number of hydrogen-bond acceptors (Lipinski definition) is 4. The van der Waals surface area contributed by atoms with Gasteiger partial charge in [-0.2, -0.15) is 0 Å². The molecule has 0 atom stereocenters. The van der Waals surface area contributed by atoms with Crippen molar-refractivity contribution in [2.75, 3.05) is 0 Å². The molecule has 7 nitrogen and oxygen atoms in total. The first-order chi connectivity index (χ1) is 9.63. The third-order valence-corrected chi connectivity index (χ3v) is 3.19. The predicted molar refractivity (Wildman–Crippen MR) is 73.7 cm³/mol. The van der Waals surface area contributed by atoms with E-state index in [1.807, 2.05) is 19.9 Å². The average Bonchev–Trinajstić information content (AvgIpc) is 3.05. The second kappa shape index (κ2) is 4.52. The fourth-order valence-corrected chi connectivity index (χ4v) is 2.15.